The minimum Gasteiger partial charge on any atom is -0.376 e. The average Bonchev–Trinajstić information content (AvgIpc) is 2.22. The number of rotatable bonds is 4. The van der Waals surface area contributed by atoms with Crippen LogP contribution in [0.25, 0.3) is 0 Å². The molecule has 23 heavy (non-hydrogen) atoms. The summed E-state index contributed by atoms with van der Waals surface area (Å²) in [5.41, 5.74) is -11.6. The van der Waals surface area contributed by atoms with Crippen LogP contribution in [0.5, 0.6) is 11.5 Å². The molecule has 0 spiro atoms. The van der Waals surface area contributed by atoms with Crippen LogP contribution in [0.1, 0.15) is 0 Å². The van der Waals surface area contributed by atoms with Gasteiger partial charge in [0.15, 0.2) is 0 Å². The summed E-state index contributed by atoms with van der Waals surface area (Å²) >= 11 is 2.62. The Hall–Kier alpha value is -1.22. The van der Waals surface area contributed by atoms with Crippen molar-refractivity contribution in [3.8, 4) is 11.5 Å². The van der Waals surface area contributed by atoms with Gasteiger partial charge in [-0.25, -0.2) is 0 Å². The van der Waals surface area contributed by atoms with Gasteiger partial charge in [-0.15, -0.1) is 0 Å². The topological polar surface area (TPSA) is 86.7 Å². The maximum atomic E-state index is 12.1. The van der Waals surface area contributed by atoms with Crippen molar-refractivity contribution < 1.29 is 51.5 Å². The molecule has 0 saturated heterocycles. The third-order valence-corrected chi connectivity index (χ3v) is 4.24. The third kappa shape index (κ3) is 4.87. The second-order valence-electron chi connectivity index (χ2n) is 3.59. The van der Waals surface area contributed by atoms with E-state index in [4.69, 9.17) is 0 Å². The first-order chi connectivity index (χ1) is 10.1. The summed E-state index contributed by atoms with van der Waals surface area (Å²) < 4.78 is 123. The molecule has 0 atom stereocenters. The lowest BCUT2D eigenvalue weighted by Gasteiger charge is -2.12. The fourth-order valence-corrected chi connectivity index (χ4v) is 2.32. The Kier molecular flexibility index (Phi) is 5.18. The molecule has 0 amide bonds. The molecule has 0 aromatic heterocycles. The van der Waals surface area contributed by atoms with Gasteiger partial charge in [-0.1, -0.05) is 15.9 Å². The number of benzene rings is 1. The largest absolute Gasteiger partial charge is 0.534 e. The van der Waals surface area contributed by atoms with Gasteiger partial charge >= 0.3 is 31.3 Å². The number of alkyl halides is 6. The highest BCUT2D eigenvalue weighted by Crippen LogP contribution is 2.34. The van der Waals surface area contributed by atoms with Gasteiger partial charge in [-0.3, -0.25) is 0 Å². The van der Waals surface area contributed by atoms with Crippen LogP contribution in [0.2, 0.25) is 0 Å². The van der Waals surface area contributed by atoms with E-state index in [1.165, 1.54) is 0 Å². The highest BCUT2D eigenvalue weighted by Gasteiger charge is 2.49. The van der Waals surface area contributed by atoms with E-state index in [0.717, 1.165) is 0 Å². The molecule has 1 aromatic rings. The number of hydrogen-bond donors (Lipinski definition) is 0. The van der Waals surface area contributed by atoms with Crippen LogP contribution in [-0.2, 0) is 20.2 Å². The second-order valence-corrected chi connectivity index (χ2v) is 7.58. The van der Waals surface area contributed by atoms with Crippen molar-refractivity contribution in [2.24, 2.45) is 0 Å². The molecule has 0 aliphatic rings. The summed E-state index contributed by atoms with van der Waals surface area (Å²) in [7, 11) is -12.2. The van der Waals surface area contributed by atoms with E-state index in [9.17, 15) is 43.2 Å². The van der Waals surface area contributed by atoms with Gasteiger partial charge in [-0.2, -0.15) is 43.2 Å². The van der Waals surface area contributed by atoms with E-state index in [0.29, 0.717) is 12.1 Å². The van der Waals surface area contributed by atoms with Gasteiger partial charge < -0.3 is 8.37 Å². The first kappa shape index (κ1) is 19.8. The minimum absolute atomic E-state index is 0.220. The smallest absolute Gasteiger partial charge is 0.376 e. The Labute approximate surface area is 133 Å². The van der Waals surface area contributed by atoms with Crippen molar-refractivity contribution in [3.63, 3.8) is 0 Å². The molecule has 1 rings (SSSR count). The first-order valence-electron chi connectivity index (χ1n) is 4.87. The first-order valence-corrected chi connectivity index (χ1v) is 8.48. The zero-order valence-electron chi connectivity index (χ0n) is 10.1. The van der Waals surface area contributed by atoms with Gasteiger partial charge in [-0.05, 0) is 12.1 Å². The van der Waals surface area contributed by atoms with Crippen molar-refractivity contribution in [2.75, 3.05) is 0 Å². The quantitative estimate of drug-likeness (QED) is 0.396. The van der Waals surface area contributed by atoms with Crippen molar-refractivity contribution in [1.29, 1.82) is 0 Å². The summed E-state index contributed by atoms with van der Waals surface area (Å²) in [6.07, 6.45) is 0. The Morgan fingerprint density at radius 1 is 0.739 bits per heavy atom. The third-order valence-electron chi connectivity index (χ3n) is 1.82. The lowest BCUT2D eigenvalue weighted by molar-refractivity contribution is -0.0502. The van der Waals surface area contributed by atoms with Crippen molar-refractivity contribution >= 4 is 36.2 Å². The minimum atomic E-state index is -6.10. The molecular weight excluding hydrogens is 450 g/mol. The summed E-state index contributed by atoms with van der Waals surface area (Å²) in [6, 6.07) is 1.49. The van der Waals surface area contributed by atoms with Gasteiger partial charge in [0.25, 0.3) is 0 Å². The predicted molar refractivity (Wildman–Crippen MR) is 65.3 cm³/mol. The van der Waals surface area contributed by atoms with Crippen molar-refractivity contribution in [2.45, 2.75) is 11.0 Å². The molecular formula is C8H3BrF6O6S2. The molecule has 132 valence electrons. The molecule has 15 heteroatoms. The van der Waals surface area contributed by atoms with Crippen molar-refractivity contribution in [1.82, 2.24) is 0 Å². The standard InChI is InChI=1S/C8H3BrF6O6S2/c9-4-1-5(20-22(16,17)7(10,11)12)3-6(2-4)21-23(18,19)8(13,14)15/h1-3H. The van der Waals surface area contributed by atoms with E-state index in [1.807, 2.05) is 0 Å². The lowest BCUT2D eigenvalue weighted by atomic mass is 10.3. The molecule has 6 nitrogen and oxygen atoms in total. The van der Waals surface area contributed by atoms with Crippen molar-refractivity contribution in [3.05, 3.63) is 22.7 Å². The number of hydrogen-bond acceptors (Lipinski definition) is 6. The second kappa shape index (κ2) is 6.01. The van der Waals surface area contributed by atoms with E-state index in [2.05, 4.69) is 24.3 Å². The Bertz CT molecular complexity index is 733. The van der Waals surface area contributed by atoms with Crippen LogP contribution in [0.4, 0.5) is 26.3 Å². The Balaban J connectivity index is 3.21. The predicted octanol–water partition coefficient (Wildman–Crippen LogP) is 2.91. The normalized spacial score (nSPS) is 13.7. The zero-order valence-corrected chi connectivity index (χ0v) is 13.4. The molecule has 0 fully saturated rings. The van der Waals surface area contributed by atoms with Crippen LogP contribution >= 0.6 is 15.9 Å². The summed E-state index contributed by atoms with van der Waals surface area (Å²) in [6.45, 7) is 0. The highest BCUT2D eigenvalue weighted by atomic mass is 79.9. The van der Waals surface area contributed by atoms with Crippen LogP contribution < -0.4 is 8.37 Å². The van der Waals surface area contributed by atoms with Crippen LogP contribution in [0, 0.1) is 0 Å². The highest BCUT2D eigenvalue weighted by molar-refractivity contribution is 9.10. The molecule has 0 saturated carbocycles. The SMILES string of the molecule is O=S(=O)(Oc1cc(Br)cc(OS(=O)(=O)C(F)(F)F)c1)C(F)(F)F. The fourth-order valence-electron chi connectivity index (χ4n) is 0.981. The van der Waals surface area contributed by atoms with Gasteiger partial charge in [0, 0.05) is 10.5 Å². The monoisotopic (exact) mass is 452 g/mol. The van der Waals surface area contributed by atoms with Gasteiger partial charge in [0.2, 0.25) is 0 Å². The van der Waals surface area contributed by atoms with Gasteiger partial charge in [0.1, 0.15) is 11.5 Å². The maximum absolute atomic E-state index is 12.1. The van der Waals surface area contributed by atoms with Crippen LogP contribution in [0.3, 0.4) is 0 Å². The molecule has 0 aliphatic carbocycles. The fraction of sp³-hybridized carbons (Fsp3) is 0.250. The maximum Gasteiger partial charge on any atom is 0.534 e. The average molecular weight is 453 g/mol. The van der Waals surface area contributed by atoms with E-state index >= 15 is 0 Å². The Morgan fingerprint density at radius 2 is 1.04 bits per heavy atom. The number of halogens is 7. The molecule has 0 aliphatic heterocycles. The molecule has 0 unspecified atom stereocenters. The molecule has 0 N–H and O–H groups in total. The Morgan fingerprint density at radius 3 is 1.30 bits per heavy atom. The van der Waals surface area contributed by atoms with E-state index < -0.39 is 42.8 Å². The molecule has 0 bridgehead atoms. The summed E-state index contributed by atoms with van der Waals surface area (Å²) in [4.78, 5) is 0. The summed E-state index contributed by atoms with van der Waals surface area (Å²) in [5.74, 6) is -2.24. The molecule has 1 aromatic carbocycles. The van der Waals surface area contributed by atoms with Crippen LogP contribution in [0.15, 0.2) is 22.7 Å². The molecule has 0 heterocycles. The zero-order chi connectivity index (χ0) is 18.3. The van der Waals surface area contributed by atoms with E-state index in [-0.39, 0.29) is 10.5 Å². The molecule has 0 radical (unpaired) electrons. The van der Waals surface area contributed by atoms with E-state index in [1.54, 1.807) is 0 Å². The lowest BCUT2D eigenvalue weighted by Crippen LogP contribution is -2.28. The summed E-state index contributed by atoms with van der Waals surface area (Å²) in [5, 5.41) is 0. The van der Waals surface area contributed by atoms with Gasteiger partial charge in [0.05, 0.1) is 0 Å². The van der Waals surface area contributed by atoms with Crippen LogP contribution in [-0.4, -0.2) is 27.9 Å².